The Morgan fingerprint density at radius 3 is 2.00 bits per heavy atom. The molecule has 0 saturated carbocycles. The Morgan fingerprint density at radius 1 is 0.905 bits per heavy atom. The van der Waals surface area contributed by atoms with Crippen molar-refractivity contribution >= 4 is 0 Å². The van der Waals surface area contributed by atoms with E-state index in [2.05, 4.69) is 4.74 Å². The van der Waals surface area contributed by atoms with Crippen LogP contribution in [0.5, 0.6) is 5.75 Å². The van der Waals surface area contributed by atoms with Crippen molar-refractivity contribution < 1.29 is 31.8 Å². The van der Waals surface area contributed by atoms with Crippen molar-refractivity contribution in [2.24, 2.45) is 0 Å². The van der Waals surface area contributed by atoms with Crippen LogP contribution in [0.3, 0.4) is 0 Å². The van der Waals surface area contributed by atoms with Gasteiger partial charge in [0.05, 0.1) is 12.7 Å². The molecule has 2 rings (SSSR count). The minimum Gasteiger partial charge on any atom is -0.497 e. The predicted molar refractivity (Wildman–Crippen MR) is 63.3 cm³/mol. The molecule has 0 radical (unpaired) electrons. The van der Waals surface area contributed by atoms with E-state index in [1.165, 1.54) is 7.11 Å². The van der Waals surface area contributed by atoms with E-state index in [-0.39, 0.29) is 5.75 Å². The second-order valence-electron chi connectivity index (χ2n) is 4.17. The molecule has 2 nitrogen and oxygen atoms in total. The molecule has 0 aliphatic rings. The number of aliphatic hydroxyl groups excluding tert-OH is 1. The highest BCUT2D eigenvalue weighted by Gasteiger charge is 2.26. The summed E-state index contributed by atoms with van der Waals surface area (Å²) in [6, 6.07) is 2.82. The second-order valence-corrected chi connectivity index (χ2v) is 4.17. The molecule has 0 aromatic heterocycles. The molecular weight excluding hydrogens is 295 g/mol. The number of aliphatic hydroxyl groups is 1. The van der Waals surface area contributed by atoms with E-state index in [1.807, 2.05) is 0 Å². The summed E-state index contributed by atoms with van der Waals surface area (Å²) in [4.78, 5) is 0. The average molecular weight is 304 g/mol. The van der Waals surface area contributed by atoms with E-state index in [9.17, 15) is 27.1 Å². The number of hydrogen-bond acceptors (Lipinski definition) is 2. The van der Waals surface area contributed by atoms with Crippen molar-refractivity contribution in [3.63, 3.8) is 0 Å². The van der Waals surface area contributed by atoms with Crippen molar-refractivity contribution in [3.05, 3.63) is 64.5 Å². The molecule has 0 amide bonds. The molecule has 0 aliphatic heterocycles. The van der Waals surface area contributed by atoms with Crippen molar-refractivity contribution in [2.75, 3.05) is 7.11 Å². The second kappa shape index (κ2) is 5.69. The van der Waals surface area contributed by atoms with Crippen molar-refractivity contribution in [2.45, 2.75) is 6.10 Å². The molecule has 0 bridgehead atoms. The Balaban J connectivity index is 2.55. The summed E-state index contributed by atoms with van der Waals surface area (Å²) in [5, 5.41) is 9.86. The Kier molecular flexibility index (Phi) is 4.13. The summed E-state index contributed by atoms with van der Waals surface area (Å²) in [5.41, 5.74) is -1.67. The first-order valence-corrected chi connectivity index (χ1v) is 5.71. The van der Waals surface area contributed by atoms with E-state index < -0.39 is 46.3 Å². The summed E-state index contributed by atoms with van der Waals surface area (Å²) in [6.07, 6.45) is -2.13. The minimum absolute atomic E-state index is 0.147. The van der Waals surface area contributed by atoms with Crippen LogP contribution in [0.1, 0.15) is 17.2 Å². The molecule has 112 valence electrons. The fourth-order valence-corrected chi connectivity index (χ4v) is 1.85. The third kappa shape index (κ3) is 2.69. The highest BCUT2D eigenvalue weighted by atomic mass is 19.2. The molecule has 2 aromatic carbocycles. The topological polar surface area (TPSA) is 29.5 Å². The van der Waals surface area contributed by atoms with Crippen LogP contribution in [0.25, 0.3) is 0 Å². The van der Waals surface area contributed by atoms with Gasteiger partial charge in [-0.25, -0.2) is 22.0 Å². The van der Waals surface area contributed by atoms with Crippen molar-refractivity contribution in [1.82, 2.24) is 0 Å². The first-order chi connectivity index (χ1) is 9.86. The van der Waals surface area contributed by atoms with Gasteiger partial charge in [-0.3, -0.25) is 0 Å². The van der Waals surface area contributed by atoms with E-state index in [0.29, 0.717) is 12.1 Å². The monoisotopic (exact) mass is 304 g/mol. The zero-order valence-corrected chi connectivity index (χ0v) is 10.6. The number of methoxy groups -OCH3 is 1. The fraction of sp³-hybridized carbons (Fsp3) is 0.143. The molecule has 0 aliphatic carbocycles. The van der Waals surface area contributed by atoms with Gasteiger partial charge in [0.2, 0.25) is 0 Å². The molecule has 21 heavy (non-hydrogen) atoms. The Hall–Kier alpha value is -2.15. The smallest absolute Gasteiger partial charge is 0.194 e. The Labute approximate surface area is 116 Å². The van der Waals surface area contributed by atoms with E-state index in [0.717, 1.165) is 12.1 Å². The van der Waals surface area contributed by atoms with Crippen LogP contribution < -0.4 is 4.74 Å². The maximum atomic E-state index is 13.8. The van der Waals surface area contributed by atoms with Gasteiger partial charge in [0, 0.05) is 17.7 Å². The van der Waals surface area contributed by atoms with Gasteiger partial charge in [0.15, 0.2) is 17.5 Å². The molecule has 7 heteroatoms. The number of rotatable bonds is 3. The molecule has 0 heterocycles. The van der Waals surface area contributed by atoms with Crippen LogP contribution in [0, 0.1) is 29.1 Å². The fourth-order valence-electron chi connectivity index (χ4n) is 1.85. The highest BCUT2D eigenvalue weighted by molar-refractivity contribution is 5.37. The van der Waals surface area contributed by atoms with E-state index in [1.54, 1.807) is 0 Å². The lowest BCUT2D eigenvalue weighted by Gasteiger charge is -2.15. The van der Waals surface area contributed by atoms with Crippen LogP contribution in [-0.2, 0) is 0 Å². The highest BCUT2D eigenvalue weighted by Crippen LogP contribution is 2.32. The van der Waals surface area contributed by atoms with Crippen LogP contribution in [0.15, 0.2) is 24.3 Å². The largest absolute Gasteiger partial charge is 0.497 e. The SMILES string of the molecule is COc1cc(F)c(C(O)c2ccc(F)c(F)c2F)c(F)c1. The first kappa shape index (κ1) is 15.2. The summed E-state index contributed by atoms with van der Waals surface area (Å²) in [7, 11) is 1.18. The standard InChI is InChI=1S/C14H9F5O2/c1-21-6-4-9(16)11(10(17)5-6)14(20)7-2-3-8(15)13(19)12(7)18/h2-5,14,20H,1H3. The average Bonchev–Trinajstić information content (AvgIpc) is 2.43. The number of hydrogen-bond donors (Lipinski definition) is 1. The van der Waals surface area contributed by atoms with Crippen molar-refractivity contribution in [1.29, 1.82) is 0 Å². The quantitative estimate of drug-likeness (QED) is 0.695. The lowest BCUT2D eigenvalue weighted by atomic mass is 9.99. The van der Waals surface area contributed by atoms with Gasteiger partial charge in [-0.05, 0) is 6.07 Å². The van der Waals surface area contributed by atoms with E-state index in [4.69, 9.17) is 0 Å². The Bertz CT molecular complexity index is 664. The molecule has 1 atom stereocenters. The zero-order chi connectivity index (χ0) is 15.7. The lowest BCUT2D eigenvalue weighted by Crippen LogP contribution is -2.10. The molecule has 0 saturated heterocycles. The third-order valence-corrected chi connectivity index (χ3v) is 2.92. The van der Waals surface area contributed by atoms with Gasteiger partial charge in [-0.15, -0.1) is 0 Å². The van der Waals surface area contributed by atoms with Gasteiger partial charge in [-0.2, -0.15) is 0 Å². The zero-order valence-electron chi connectivity index (χ0n) is 10.6. The van der Waals surface area contributed by atoms with Crippen LogP contribution >= 0.6 is 0 Å². The molecule has 1 unspecified atom stereocenters. The van der Waals surface area contributed by atoms with Crippen LogP contribution in [-0.4, -0.2) is 12.2 Å². The van der Waals surface area contributed by atoms with Crippen molar-refractivity contribution in [3.8, 4) is 5.75 Å². The normalized spacial score (nSPS) is 12.3. The third-order valence-electron chi connectivity index (χ3n) is 2.92. The number of ether oxygens (including phenoxy) is 1. The summed E-state index contributed by atoms with van der Waals surface area (Å²) >= 11 is 0. The van der Waals surface area contributed by atoms with Crippen LogP contribution in [0.2, 0.25) is 0 Å². The van der Waals surface area contributed by atoms with Gasteiger partial charge in [0.25, 0.3) is 0 Å². The molecule has 0 fully saturated rings. The maximum Gasteiger partial charge on any atom is 0.194 e. The molecule has 0 spiro atoms. The molecule has 1 N–H and O–H groups in total. The van der Waals surface area contributed by atoms with Gasteiger partial charge in [-0.1, -0.05) is 6.07 Å². The molecule has 2 aromatic rings. The van der Waals surface area contributed by atoms with E-state index >= 15 is 0 Å². The summed E-state index contributed by atoms with van der Waals surface area (Å²) < 4.78 is 71.7. The Morgan fingerprint density at radius 2 is 1.48 bits per heavy atom. The maximum absolute atomic E-state index is 13.8. The van der Waals surface area contributed by atoms with Gasteiger partial charge in [0.1, 0.15) is 23.5 Å². The summed E-state index contributed by atoms with van der Waals surface area (Å²) in [5.74, 6) is -7.57. The first-order valence-electron chi connectivity index (χ1n) is 5.71. The predicted octanol–water partition coefficient (Wildman–Crippen LogP) is 3.47. The number of benzene rings is 2. The van der Waals surface area contributed by atoms with Crippen LogP contribution in [0.4, 0.5) is 22.0 Å². The lowest BCUT2D eigenvalue weighted by molar-refractivity contribution is 0.201. The summed E-state index contributed by atoms with van der Waals surface area (Å²) in [6.45, 7) is 0. The molecular formula is C14H9F5O2. The number of halogens is 5. The van der Waals surface area contributed by atoms with Gasteiger partial charge < -0.3 is 9.84 Å². The minimum atomic E-state index is -2.13. The van der Waals surface area contributed by atoms with Gasteiger partial charge >= 0.3 is 0 Å².